The zero-order valence-corrected chi connectivity index (χ0v) is 20.3. The largest absolute Gasteiger partial charge is 0.279 e. The molecule has 8 heteroatoms. The lowest BCUT2D eigenvalue weighted by Gasteiger charge is -2.21. The SMILES string of the molecule is CC(C)c1cccc2sc(N(Cc3cccnc3)C(=O)c3cccc(N4C(=O)CCC4=O)c3)nc12. The van der Waals surface area contributed by atoms with E-state index in [4.69, 9.17) is 4.98 Å². The van der Waals surface area contributed by atoms with Gasteiger partial charge in [-0.2, -0.15) is 0 Å². The van der Waals surface area contributed by atoms with E-state index in [1.165, 1.54) is 11.3 Å². The summed E-state index contributed by atoms with van der Waals surface area (Å²) in [5.41, 5.74) is 3.68. The first-order valence-corrected chi connectivity index (χ1v) is 12.3. The third kappa shape index (κ3) is 4.44. The van der Waals surface area contributed by atoms with Crippen LogP contribution in [0, 0.1) is 0 Å². The van der Waals surface area contributed by atoms with Gasteiger partial charge in [0.05, 0.1) is 22.4 Å². The Morgan fingerprint density at radius 3 is 2.54 bits per heavy atom. The molecule has 0 aliphatic carbocycles. The van der Waals surface area contributed by atoms with Gasteiger partial charge in [-0.15, -0.1) is 0 Å². The lowest BCUT2D eigenvalue weighted by molar-refractivity contribution is -0.121. The first kappa shape index (κ1) is 22.9. The van der Waals surface area contributed by atoms with Crippen LogP contribution in [-0.4, -0.2) is 27.7 Å². The van der Waals surface area contributed by atoms with Crippen molar-refractivity contribution in [2.75, 3.05) is 9.80 Å². The van der Waals surface area contributed by atoms with Gasteiger partial charge in [-0.25, -0.2) is 4.98 Å². The topological polar surface area (TPSA) is 83.5 Å². The molecule has 35 heavy (non-hydrogen) atoms. The van der Waals surface area contributed by atoms with Crippen molar-refractivity contribution in [2.45, 2.75) is 39.2 Å². The Labute approximate surface area is 207 Å². The number of hydrogen-bond donors (Lipinski definition) is 0. The smallest absolute Gasteiger partial charge is 0.260 e. The van der Waals surface area contributed by atoms with Gasteiger partial charge in [0.1, 0.15) is 0 Å². The molecule has 0 radical (unpaired) electrons. The standard InChI is InChI=1S/C27H24N4O3S/c1-17(2)21-9-4-10-22-25(21)29-27(35-22)30(16-18-6-5-13-28-15-18)26(34)19-7-3-8-20(14-19)31-23(32)11-12-24(31)33/h3-10,13-15,17H,11-12,16H2,1-2H3. The van der Waals surface area contributed by atoms with E-state index >= 15 is 0 Å². The number of para-hydroxylation sites is 1. The molecule has 1 aliphatic rings. The Morgan fingerprint density at radius 1 is 1.06 bits per heavy atom. The van der Waals surface area contributed by atoms with Gasteiger partial charge in [-0.1, -0.05) is 49.4 Å². The summed E-state index contributed by atoms with van der Waals surface area (Å²) in [7, 11) is 0. The van der Waals surface area contributed by atoms with Gasteiger partial charge in [0.2, 0.25) is 11.8 Å². The zero-order valence-electron chi connectivity index (χ0n) is 19.5. The summed E-state index contributed by atoms with van der Waals surface area (Å²) in [4.78, 5) is 50.2. The average Bonchev–Trinajstić information content (AvgIpc) is 3.45. The number of hydrogen-bond acceptors (Lipinski definition) is 6. The monoisotopic (exact) mass is 484 g/mol. The fraction of sp³-hybridized carbons (Fsp3) is 0.222. The van der Waals surface area contributed by atoms with Crippen molar-refractivity contribution in [3.05, 3.63) is 83.7 Å². The zero-order chi connectivity index (χ0) is 24.5. The molecule has 0 bridgehead atoms. The average molecular weight is 485 g/mol. The van der Waals surface area contributed by atoms with E-state index in [0.29, 0.717) is 22.3 Å². The predicted octanol–water partition coefficient (Wildman–Crippen LogP) is 5.32. The fourth-order valence-corrected chi connectivity index (χ4v) is 5.24. The van der Waals surface area contributed by atoms with Crippen LogP contribution < -0.4 is 9.80 Å². The van der Waals surface area contributed by atoms with E-state index in [9.17, 15) is 14.4 Å². The number of fused-ring (bicyclic) bond motifs is 1. The Balaban J connectivity index is 1.57. The van der Waals surface area contributed by atoms with Gasteiger partial charge in [0.25, 0.3) is 5.91 Å². The lowest BCUT2D eigenvalue weighted by atomic mass is 10.0. The number of nitrogens with zero attached hydrogens (tertiary/aromatic N) is 4. The molecule has 176 valence electrons. The summed E-state index contributed by atoms with van der Waals surface area (Å²) in [5, 5.41) is 0.584. The summed E-state index contributed by atoms with van der Waals surface area (Å²) < 4.78 is 1.01. The van der Waals surface area contributed by atoms with Crippen LogP contribution in [0.1, 0.15) is 54.1 Å². The second-order valence-electron chi connectivity index (χ2n) is 8.77. The van der Waals surface area contributed by atoms with Crippen molar-refractivity contribution < 1.29 is 14.4 Å². The molecule has 3 amide bonds. The van der Waals surface area contributed by atoms with Crippen molar-refractivity contribution >= 4 is 50.1 Å². The molecule has 1 saturated heterocycles. The number of carbonyl (C=O) groups is 3. The van der Waals surface area contributed by atoms with Crippen LogP contribution in [-0.2, 0) is 16.1 Å². The van der Waals surface area contributed by atoms with E-state index in [1.54, 1.807) is 41.6 Å². The number of thiazole rings is 1. The van der Waals surface area contributed by atoms with Crippen LogP contribution in [0.5, 0.6) is 0 Å². The van der Waals surface area contributed by atoms with Gasteiger partial charge in [-0.3, -0.25) is 29.2 Å². The highest BCUT2D eigenvalue weighted by molar-refractivity contribution is 7.22. The van der Waals surface area contributed by atoms with Gasteiger partial charge in [0.15, 0.2) is 5.13 Å². The van der Waals surface area contributed by atoms with Crippen LogP contribution in [0.3, 0.4) is 0 Å². The molecule has 0 spiro atoms. The minimum Gasteiger partial charge on any atom is -0.279 e. The number of anilines is 2. The summed E-state index contributed by atoms with van der Waals surface area (Å²) in [6, 6.07) is 16.5. The highest BCUT2D eigenvalue weighted by atomic mass is 32.1. The molecule has 1 fully saturated rings. The van der Waals surface area contributed by atoms with E-state index in [1.807, 2.05) is 24.3 Å². The Morgan fingerprint density at radius 2 is 1.83 bits per heavy atom. The van der Waals surface area contributed by atoms with Gasteiger partial charge < -0.3 is 0 Å². The molecule has 5 rings (SSSR count). The molecule has 2 aromatic carbocycles. The maximum atomic E-state index is 13.9. The summed E-state index contributed by atoms with van der Waals surface area (Å²) in [6.45, 7) is 4.53. The minimum atomic E-state index is -0.264. The molecule has 0 unspecified atom stereocenters. The number of imide groups is 1. The van der Waals surface area contributed by atoms with Crippen molar-refractivity contribution in [3.8, 4) is 0 Å². The highest BCUT2D eigenvalue weighted by Crippen LogP contribution is 2.35. The molecular formula is C27H24N4O3S. The van der Waals surface area contributed by atoms with Crippen LogP contribution in [0.2, 0.25) is 0 Å². The number of pyridine rings is 1. The molecule has 1 aliphatic heterocycles. The molecule has 3 heterocycles. The fourth-order valence-electron chi connectivity index (χ4n) is 4.24. The summed E-state index contributed by atoms with van der Waals surface area (Å²) in [5.74, 6) is -0.471. The third-order valence-electron chi connectivity index (χ3n) is 6.00. The van der Waals surface area contributed by atoms with E-state index < -0.39 is 0 Å². The Hall–Kier alpha value is -3.91. The van der Waals surface area contributed by atoms with Crippen LogP contribution in [0.25, 0.3) is 10.2 Å². The molecular weight excluding hydrogens is 460 g/mol. The number of amides is 3. The van der Waals surface area contributed by atoms with Gasteiger partial charge in [0, 0.05) is 30.8 Å². The molecule has 0 N–H and O–H groups in total. The number of benzene rings is 2. The quantitative estimate of drug-likeness (QED) is 0.346. The summed E-state index contributed by atoms with van der Waals surface area (Å²) >= 11 is 1.46. The first-order chi connectivity index (χ1) is 16.9. The minimum absolute atomic E-state index is 0.189. The molecule has 0 atom stereocenters. The summed E-state index contributed by atoms with van der Waals surface area (Å²) in [6.07, 6.45) is 3.79. The molecule has 0 saturated carbocycles. The Bertz CT molecular complexity index is 1410. The second-order valence-corrected chi connectivity index (χ2v) is 9.78. The highest BCUT2D eigenvalue weighted by Gasteiger charge is 2.31. The maximum Gasteiger partial charge on any atom is 0.260 e. The van der Waals surface area contributed by atoms with Gasteiger partial charge >= 0.3 is 0 Å². The number of rotatable bonds is 6. The second kappa shape index (κ2) is 9.38. The number of carbonyl (C=O) groups excluding carboxylic acids is 3. The van der Waals surface area contributed by atoms with Crippen molar-refractivity contribution in [3.63, 3.8) is 0 Å². The molecule has 2 aromatic heterocycles. The Kier molecular flexibility index (Phi) is 6.13. The normalized spacial score (nSPS) is 13.7. The maximum absolute atomic E-state index is 13.9. The van der Waals surface area contributed by atoms with Crippen molar-refractivity contribution in [2.24, 2.45) is 0 Å². The predicted molar refractivity (Wildman–Crippen MR) is 137 cm³/mol. The molecule has 4 aromatic rings. The van der Waals surface area contributed by atoms with Crippen molar-refractivity contribution in [1.82, 2.24) is 9.97 Å². The third-order valence-corrected chi connectivity index (χ3v) is 7.05. The first-order valence-electron chi connectivity index (χ1n) is 11.5. The van der Waals surface area contributed by atoms with E-state index in [2.05, 4.69) is 24.9 Å². The number of aromatic nitrogens is 2. The van der Waals surface area contributed by atoms with Gasteiger partial charge in [-0.05, 0) is 47.4 Å². The van der Waals surface area contributed by atoms with Crippen molar-refractivity contribution in [1.29, 1.82) is 0 Å². The van der Waals surface area contributed by atoms with E-state index in [-0.39, 0.29) is 37.1 Å². The molecule has 7 nitrogen and oxygen atoms in total. The van der Waals surface area contributed by atoms with Crippen LogP contribution in [0.4, 0.5) is 10.8 Å². The van der Waals surface area contributed by atoms with Crippen LogP contribution in [0.15, 0.2) is 67.0 Å². The van der Waals surface area contributed by atoms with E-state index in [0.717, 1.165) is 26.2 Å². The van der Waals surface area contributed by atoms with Crippen LogP contribution >= 0.6 is 11.3 Å². The lowest BCUT2D eigenvalue weighted by Crippen LogP contribution is -2.31.